The number of likely N-dealkylation sites (N-methyl/N-ethyl adjacent to an activating group) is 1. The molecule has 0 saturated carbocycles. The second kappa shape index (κ2) is 12.5. The smallest absolute Gasteiger partial charge is 0.246 e. The van der Waals surface area contributed by atoms with E-state index < -0.39 is 0 Å². The van der Waals surface area contributed by atoms with Gasteiger partial charge in [-0.3, -0.25) is 14.7 Å². The maximum absolute atomic E-state index is 13.0. The van der Waals surface area contributed by atoms with Gasteiger partial charge in [-0.15, -0.1) is 11.3 Å². The number of benzene rings is 1. The third-order valence-electron chi connectivity index (χ3n) is 7.46. The van der Waals surface area contributed by atoms with Gasteiger partial charge in [0, 0.05) is 62.1 Å². The first kappa shape index (κ1) is 27.6. The van der Waals surface area contributed by atoms with Crippen LogP contribution in [0.5, 0.6) is 5.75 Å². The first-order valence-electron chi connectivity index (χ1n) is 13.7. The number of hydrogen-bond donors (Lipinski definition) is 1. The minimum absolute atomic E-state index is 0.0617. The number of aromatic nitrogens is 3. The SMILES string of the molecule is CN1CCN(C/C=C/C(=O)N2CCc3c(sc4ncnc(Nc5ccc(OCc6ccccn6)c(Cl)c5)c34)C2)CC1. The molecule has 0 atom stereocenters. The Bertz CT molecular complexity index is 1550. The summed E-state index contributed by atoms with van der Waals surface area (Å²) >= 11 is 8.17. The van der Waals surface area contributed by atoms with Gasteiger partial charge in [0.1, 0.15) is 29.3 Å². The average Bonchev–Trinajstić information content (AvgIpc) is 3.37. The summed E-state index contributed by atoms with van der Waals surface area (Å²) in [6.07, 6.45) is 7.80. The van der Waals surface area contributed by atoms with E-state index in [0.29, 0.717) is 30.5 Å². The molecule has 9 nitrogen and oxygen atoms in total. The van der Waals surface area contributed by atoms with Gasteiger partial charge in [-0.2, -0.15) is 0 Å². The van der Waals surface area contributed by atoms with Crippen molar-refractivity contribution in [2.24, 2.45) is 0 Å². The fourth-order valence-electron chi connectivity index (χ4n) is 5.12. The molecule has 5 heterocycles. The van der Waals surface area contributed by atoms with Crippen molar-refractivity contribution in [1.82, 2.24) is 29.7 Å². The molecule has 41 heavy (non-hydrogen) atoms. The minimum atomic E-state index is 0.0617. The molecule has 6 rings (SSSR count). The first-order chi connectivity index (χ1) is 20.0. The average molecular weight is 590 g/mol. The summed E-state index contributed by atoms with van der Waals surface area (Å²) in [6, 6.07) is 11.3. The van der Waals surface area contributed by atoms with Crippen molar-refractivity contribution in [3.63, 3.8) is 0 Å². The van der Waals surface area contributed by atoms with E-state index in [1.165, 1.54) is 5.56 Å². The van der Waals surface area contributed by atoms with E-state index in [2.05, 4.69) is 37.1 Å². The van der Waals surface area contributed by atoms with E-state index >= 15 is 0 Å². The van der Waals surface area contributed by atoms with Crippen LogP contribution in [-0.4, -0.2) is 81.9 Å². The van der Waals surface area contributed by atoms with E-state index in [1.54, 1.807) is 29.9 Å². The number of nitrogens with zero attached hydrogens (tertiary/aromatic N) is 6. The lowest BCUT2D eigenvalue weighted by atomic mass is 10.0. The van der Waals surface area contributed by atoms with Crippen molar-refractivity contribution < 1.29 is 9.53 Å². The van der Waals surface area contributed by atoms with Gasteiger partial charge < -0.3 is 19.9 Å². The number of carbonyl (C=O) groups excluding carboxylic acids is 1. The van der Waals surface area contributed by atoms with Crippen LogP contribution in [-0.2, 0) is 24.4 Å². The number of halogens is 1. The zero-order chi connectivity index (χ0) is 28.2. The van der Waals surface area contributed by atoms with Crippen molar-refractivity contribution >= 4 is 50.6 Å². The fraction of sp³-hybridized carbons (Fsp3) is 0.333. The van der Waals surface area contributed by atoms with Crippen molar-refractivity contribution in [3.05, 3.63) is 82.2 Å². The Morgan fingerprint density at radius 2 is 2.00 bits per heavy atom. The van der Waals surface area contributed by atoms with Gasteiger partial charge >= 0.3 is 0 Å². The number of piperazine rings is 1. The molecule has 1 fully saturated rings. The molecule has 11 heteroatoms. The van der Waals surface area contributed by atoms with Crippen molar-refractivity contribution in [2.75, 3.05) is 51.6 Å². The van der Waals surface area contributed by atoms with Crippen LogP contribution in [0.2, 0.25) is 5.02 Å². The van der Waals surface area contributed by atoms with Crippen LogP contribution in [0, 0.1) is 0 Å². The molecule has 1 saturated heterocycles. The molecular weight excluding hydrogens is 558 g/mol. The van der Waals surface area contributed by atoms with Crippen LogP contribution < -0.4 is 10.1 Å². The van der Waals surface area contributed by atoms with Crippen molar-refractivity contribution in [1.29, 1.82) is 0 Å². The third-order valence-corrected chi connectivity index (χ3v) is 8.88. The van der Waals surface area contributed by atoms with E-state index in [4.69, 9.17) is 16.3 Å². The Morgan fingerprint density at radius 1 is 1.12 bits per heavy atom. The highest BCUT2D eigenvalue weighted by atomic mass is 35.5. The number of anilines is 2. The van der Waals surface area contributed by atoms with Crippen LogP contribution >= 0.6 is 22.9 Å². The Kier molecular flexibility index (Phi) is 8.43. The summed E-state index contributed by atoms with van der Waals surface area (Å²) in [5, 5.41) is 4.93. The molecule has 0 radical (unpaired) electrons. The van der Waals surface area contributed by atoms with Crippen LogP contribution in [0.15, 0.2) is 61.1 Å². The van der Waals surface area contributed by atoms with Crippen LogP contribution in [0.4, 0.5) is 11.5 Å². The summed E-state index contributed by atoms with van der Waals surface area (Å²) in [5.74, 6) is 1.38. The van der Waals surface area contributed by atoms with Crippen molar-refractivity contribution in [3.8, 4) is 5.75 Å². The van der Waals surface area contributed by atoms with Crippen LogP contribution in [0.3, 0.4) is 0 Å². The van der Waals surface area contributed by atoms with E-state index in [1.807, 2.05) is 47.4 Å². The Hall–Kier alpha value is -3.57. The number of pyridine rings is 1. The Balaban J connectivity index is 1.11. The molecule has 1 N–H and O–H groups in total. The lowest BCUT2D eigenvalue weighted by Crippen LogP contribution is -2.44. The molecule has 2 aliphatic rings. The first-order valence-corrected chi connectivity index (χ1v) is 14.9. The predicted octanol–water partition coefficient (Wildman–Crippen LogP) is 4.75. The van der Waals surface area contributed by atoms with Crippen LogP contribution in [0.1, 0.15) is 16.1 Å². The quantitative estimate of drug-likeness (QED) is 0.295. The van der Waals surface area contributed by atoms with E-state index in [-0.39, 0.29) is 5.91 Å². The number of thiophene rings is 1. The fourth-order valence-corrected chi connectivity index (χ4v) is 6.55. The Labute approximate surface area is 248 Å². The molecule has 2 aliphatic heterocycles. The van der Waals surface area contributed by atoms with Gasteiger partial charge in [0.2, 0.25) is 5.91 Å². The topological polar surface area (TPSA) is 86.7 Å². The number of rotatable bonds is 8. The number of carbonyl (C=O) groups is 1. The van der Waals surface area contributed by atoms with E-state index in [9.17, 15) is 4.79 Å². The number of ether oxygens (including phenoxy) is 1. The summed E-state index contributed by atoms with van der Waals surface area (Å²) in [4.78, 5) is 35.0. The maximum atomic E-state index is 13.0. The second-order valence-corrected chi connectivity index (χ2v) is 11.8. The number of nitrogens with one attached hydrogen (secondary N) is 1. The monoisotopic (exact) mass is 589 g/mol. The summed E-state index contributed by atoms with van der Waals surface area (Å²) in [7, 11) is 2.15. The highest BCUT2D eigenvalue weighted by Crippen LogP contribution is 2.38. The zero-order valence-corrected chi connectivity index (χ0v) is 24.5. The number of hydrogen-bond acceptors (Lipinski definition) is 9. The predicted molar refractivity (Wildman–Crippen MR) is 163 cm³/mol. The van der Waals surface area contributed by atoms with Gasteiger partial charge in [0.15, 0.2) is 0 Å². The lowest BCUT2D eigenvalue weighted by Gasteiger charge is -2.31. The van der Waals surface area contributed by atoms with Gasteiger partial charge in [-0.1, -0.05) is 23.7 Å². The molecule has 0 spiro atoms. The molecule has 3 aromatic heterocycles. The highest BCUT2D eigenvalue weighted by Gasteiger charge is 2.25. The third kappa shape index (κ3) is 6.51. The van der Waals surface area contributed by atoms with Gasteiger partial charge in [-0.05, 0) is 49.4 Å². The van der Waals surface area contributed by atoms with Crippen molar-refractivity contribution in [2.45, 2.75) is 19.6 Å². The lowest BCUT2D eigenvalue weighted by molar-refractivity contribution is -0.126. The van der Waals surface area contributed by atoms with Gasteiger partial charge in [-0.25, -0.2) is 9.97 Å². The van der Waals surface area contributed by atoms with Crippen LogP contribution in [0.25, 0.3) is 10.2 Å². The standard InChI is InChI=1S/C30H32ClN7O2S/c1-36-13-15-37(16-14-36)11-4-6-27(39)38-12-9-23-26(18-38)41-30-28(23)29(33-20-34-30)35-21-7-8-25(24(31)17-21)40-19-22-5-2-3-10-32-22/h2-8,10,17,20H,9,11-16,18-19H2,1H3,(H,33,34,35)/b6-4+. The molecular formula is C30H32ClN7O2S. The molecule has 1 amide bonds. The molecule has 0 unspecified atom stereocenters. The minimum Gasteiger partial charge on any atom is -0.486 e. The van der Waals surface area contributed by atoms with E-state index in [0.717, 1.165) is 71.4 Å². The molecule has 0 bridgehead atoms. The Morgan fingerprint density at radius 3 is 2.80 bits per heavy atom. The molecule has 212 valence electrons. The van der Waals surface area contributed by atoms with Gasteiger partial charge in [0.05, 0.1) is 22.6 Å². The zero-order valence-electron chi connectivity index (χ0n) is 22.9. The highest BCUT2D eigenvalue weighted by molar-refractivity contribution is 7.19. The summed E-state index contributed by atoms with van der Waals surface area (Å²) in [5.41, 5.74) is 2.84. The second-order valence-electron chi connectivity index (χ2n) is 10.3. The summed E-state index contributed by atoms with van der Waals surface area (Å²) < 4.78 is 5.86. The largest absolute Gasteiger partial charge is 0.486 e. The number of amides is 1. The van der Waals surface area contributed by atoms with Gasteiger partial charge in [0.25, 0.3) is 0 Å². The summed E-state index contributed by atoms with van der Waals surface area (Å²) in [6.45, 7) is 6.62. The maximum Gasteiger partial charge on any atom is 0.246 e. The normalized spacial score (nSPS) is 16.3. The molecule has 4 aromatic rings. The molecule has 1 aromatic carbocycles. The molecule has 0 aliphatic carbocycles. The number of fused-ring (bicyclic) bond motifs is 3.